The molecule has 0 heterocycles. The van der Waals surface area contributed by atoms with Crippen LogP contribution in [0.25, 0.3) is 0 Å². The lowest BCUT2D eigenvalue weighted by atomic mass is 9.47. The fraction of sp³-hybridized carbons (Fsp3) is 0.727. The number of allylic oxidation sites excluding steroid dienone is 1. The number of carbonyl (C=O) groups is 1. The quantitative estimate of drug-likeness (QED) is 0.296. The Morgan fingerprint density at radius 1 is 0.919 bits per heavy atom. The summed E-state index contributed by atoms with van der Waals surface area (Å²) in [7, 11) is 0. The largest absolute Gasteiger partial charge is 0.494 e. The number of hydrogen-bond donors (Lipinski definition) is 2. The molecule has 4 heteroatoms. The zero-order valence-corrected chi connectivity index (χ0v) is 25.4. The molecule has 5 rings (SSSR count). The van der Waals surface area contributed by atoms with E-state index in [0.717, 1.165) is 68.5 Å². The smallest absolute Gasteiger partial charge is 0.155 e. The molecular weight excluding hydrogens is 476 g/mol. The van der Waals surface area contributed by atoms with Crippen molar-refractivity contribution in [3.05, 3.63) is 42.0 Å². The molecule has 6 unspecified atom stereocenters. The predicted molar refractivity (Wildman–Crippen MR) is 160 cm³/mol. The van der Waals surface area contributed by atoms with Gasteiger partial charge in [0.2, 0.25) is 0 Å². The Morgan fingerprint density at radius 3 is 2.30 bits per heavy atom. The van der Waals surface area contributed by atoms with Crippen molar-refractivity contribution < 1.29 is 14.6 Å². The summed E-state index contributed by atoms with van der Waals surface area (Å²) >= 11 is 4.13. The van der Waals surface area contributed by atoms with E-state index in [0.29, 0.717) is 11.7 Å². The van der Waals surface area contributed by atoms with Gasteiger partial charge in [-0.1, -0.05) is 65.3 Å². The van der Waals surface area contributed by atoms with Crippen LogP contribution in [0.3, 0.4) is 0 Å². The molecule has 0 aliphatic heterocycles. The molecule has 3 saturated carbocycles. The molecule has 0 spiro atoms. The van der Waals surface area contributed by atoms with Crippen LogP contribution in [0.4, 0.5) is 0 Å². The molecule has 1 N–H and O–H groups in total. The third-order valence-corrected chi connectivity index (χ3v) is 9.79. The van der Waals surface area contributed by atoms with Crippen LogP contribution in [0.1, 0.15) is 106 Å². The minimum atomic E-state index is -0.0823. The van der Waals surface area contributed by atoms with Crippen molar-refractivity contribution in [2.24, 2.45) is 28.6 Å². The lowest BCUT2D eigenvalue weighted by molar-refractivity contribution is -0.118. The number of carbonyl (C=O) groups excluding carboxylic acids is 1. The van der Waals surface area contributed by atoms with Gasteiger partial charge < -0.3 is 9.84 Å². The minimum absolute atomic E-state index is 0.0823. The Kier molecular flexibility index (Phi) is 13.3. The standard InChI is InChI=1S/C19H28O2.C10H14OS.2C2H6/c1-18-9-7-13(20)11-12(18)3-4-14-15-5-6-17(21)19(15,2)10-8-16(14)18;12-9-5-4-8-11-10-6-2-1-3-7-10;2*1-2/h11,14-17,21H,3-10H2,1-2H3;1-3,6-7,12H,4-5,8-9H2;2*1-2H3. The highest BCUT2D eigenvalue weighted by molar-refractivity contribution is 7.80. The third-order valence-electron chi connectivity index (χ3n) is 9.48. The van der Waals surface area contributed by atoms with Crippen molar-refractivity contribution in [3.8, 4) is 5.75 Å². The van der Waals surface area contributed by atoms with Gasteiger partial charge in [0.25, 0.3) is 0 Å². The van der Waals surface area contributed by atoms with E-state index >= 15 is 0 Å². The van der Waals surface area contributed by atoms with Crippen molar-refractivity contribution in [1.29, 1.82) is 0 Å². The summed E-state index contributed by atoms with van der Waals surface area (Å²) in [5.74, 6) is 4.47. The van der Waals surface area contributed by atoms with Crippen LogP contribution in [-0.2, 0) is 4.79 Å². The van der Waals surface area contributed by atoms with E-state index in [2.05, 4.69) is 26.5 Å². The topological polar surface area (TPSA) is 46.5 Å². The highest BCUT2D eigenvalue weighted by atomic mass is 32.1. The number of para-hydroxylation sites is 1. The van der Waals surface area contributed by atoms with Crippen molar-refractivity contribution in [2.45, 2.75) is 112 Å². The Balaban J connectivity index is 0.000000258. The van der Waals surface area contributed by atoms with E-state index in [9.17, 15) is 9.90 Å². The van der Waals surface area contributed by atoms with Crippen LogP contribution in [0, 0.1) is 28.6 Å². The summed E-state index contributed by atoms with van der Waals surface area (Å²) in [6.07, 6.45) is 12.9. The third kappa shape index (κ3) is 7.44. The normalized spacial score (nSPS) is 33.4. The maximum atomic E-state index is 11.8. The number of rotatable bonds is 5. The van der Waals surface area contributed by atoms with Gasteiger partial charge in [0, 0.05) is 6.42 Å². The molecule has 3 nitrogen and oxygen atoms in total. The fourth-order valence-corrected chi connectivity index (χ4v) is 7.68. The number of benzene rings is 1. The molecule has 37 heavy (non-hydrogen) atoms. The minimum Gasteiger partial charge on any atom is -0.494 e. The van der Waals surface area contributed by atoms with Crippen molar-refractivity contribution in [1.82, 2.24) is 0 Å². The summed E-state index contributed by atoms with van der Waals surface area (Å²) in [6, 6.07) is 9.89. The second-order valence-electron chi connectivity index (χ2n) is 11.2. The number of aliphatic hydroxyl groups excluding tert-OH is 1. The van der Waals surface area contributed by atoms with Gasteiger partial charge in [0.1, 0.15) is 5.75 Å². The second-order valence-corrected chi connectivity index (χ2v) is 11.6. The number of hydrogen-bond acceptors (Lipinski definition) is 4. The molecule has 1 aromatic carbocycles. The fourth-order valence-electron chi connectivity index (χ4n) is 7.45. The molecule has 0 bridgehead atoms. The molecular formula is C33H54O3S. The van der Waals surface area contributed by atoms with Gasteiger partial charge >= 0.3 is 0 Å². The first kappa shape index (κ1) is 32.0. The molecule has 6 atom stereocenters. The van der Waals surface area contributed by atoms with Gasteiger partial charge in [-0.2, -0.15) is 12.6 Å². The van der Waals surface area contributed by atoms with E-state index in [1.807, 2.05) is 64.1 Å². The van der Waals surface area contributed by atoms with Gasteiger partial charge in [-0.15, -0.1) is 0 Å². The summed E-state index contributed by atoms with van der Waals surface area (Å²) in [5, 5.41) is 10.4. The van der Waals surface area contributed by atoms with Gasteiger partial charge in [0.15, 0.2) is 5.78 Å². The number of ether oxygens (including phenoxy) is 1. The highest BCUT2D eigenvalue weighted by Crippen LogP contribution is 2.65. The molecule has 0 radical (unpaired) electrons. The van der Waals surface area contributed by atoms with Gasteiger partial charge in [-0.25, -0.2) is 0 Å². The van der Waals surface area contributed by atoms with E-state index < -0.39 is 0 Å². The molecule has 1 aromatic rings. The number of aliphatic hydroxyl groups is 1. The highest BCUT2D eigenvalue weighted by Gasteiger charge is 2.58. The molecule has 4 aliphatic rings. The van der Waals surface area contributed by atoms with Gasteiger partial charge in [-0.05, 0) is 110 Å². The van der Waals surface area contributed by atoms with Crippen molar-refractivity contribution in [3.63, 3.8) is 0 Å². The summed E-state index contributed by atoms with van der Waals surface area (Å²) in [6.45, 7) is 13.6. The first-order chi connectivity index (χ1) is 17.9. The molecule has 3 fully saturated rings. The van der Waals surface area contributed by atoms with E-state index in [1.54, 1.807) is 0 Å². The number of thiol groups is 1. The Morgan fingerprint density at radius 2 is 1.62 bits per heavy atom. The van der Waals surface area contributed by atoms with E-state index in [1.165, 1.54) is 31.3 Å². The lowest BCUT2D eigenvalue weighted by Gasteiger charge is -2.57. The molecule has 0 amide bonds. The van der Waals surface area contributed by atoms with Gasteiger partial charge in [0.05, 0.1) is 12.7 Å². The van der Waals surface area contributed by atoms with Crippen molar-refractivity contribution >= 4 is 18.4 Å². The maximum Gasteiger partial charge on any atom is 0.155 e. The van der Waals surface area contributed by atoms with Crippen molar-refractivity contribution in [2.75, 3.05) is 12.4 Å². The average molecular weight is 531 g/mol. The van der Waals surface area contributed by atoms with Crippen LogP contribution in [0.5, 0.6) is 5.75 Å². The van der Waals surface area contributed by atoms with E-state index in [-0.39, 0.29) is 16.9 Å². The lowest BCUT2D eigenvalue weighted by Crippen LogP contribution is -2.51. The predicted octanol–water partition coefficient (Wildman–Crippen LogP) is 8.71. The second kappa shape index (κ2) is 15.4. The average Bonchev–Trinajstić information content (AvgIpc) is 3.24. The molecule has 210 valence electrons. The van der Waals surface area contributed by atoms with E-state index in [4.69, 9.17) is 4.74 Å². The summed E-state index contributed by atoms with van der Waals surface area (Å²) in [4.78, 5) is 11.8. The van der Waals surface area contributed by atoms with Crippen LogP contribution < -0.4 is 4.74 Å². The molecule has 4 aliphatic carbocycles. The Labute approximate surface area is 233 Å². The maximum absolute atomic E-state index is 11.8. The zero-order chi connectivity index (χ0) is 27.5. The van der Waals surface area contributed by atoms with Crippen LogP contribution in [-0.4, -0.2) is 29.4 Å². The Hall–Kier alpha value is -1.26. The van der Waals surface area contributed by atoms with Gasteiger partial charge in [-0.3, -0.25) is 4.79 Å². The Bertz CT molecular complexity index is 837. The number of ketones is 1. The summed E-state index contributed by atoms with van der Waals surface area (Å²) < 4.78 is 5.47. The van der Waals surface area contributed by atoms with Crippen LogP contribution in [0.2, 0.25) is 0 Å². The SMILES string of the molecule is CC.CC.CC12CCC(=O)C=C1CCC1C2CCC2(C)C(O)CCC12.SCCCCOc1ccccc1. The molecule has 0 aromatic heterocycles. The monoisotopic (exact) mass is 530 g/mol. The first-order valence-electron chi connectivity index (χ1n) is 15.1. The number of fused-ring (bicyclic) bond motifs is 5. The number of unbranched alkanes of at least 4 members (excludes halogenated alkanes) is 1. The molecule has 0 saturated heterocycles. The van der Waals surface area contributed by atoms with Crippen LogP contribution in [0.15, 0.2) is 42.0 Å². The van der Waals surface area contributed by atoms with Crippen LogP contribution >= 0.6 is 12.6 Å². The first-order valence-corrected chi connectivity index (χ1v) is 15.7. The summed E-state index contributed by atoms with van der Waals surface area (Å²) in [5.41, 5.74) is 1.89. The zero-order valence-electron chi connectivity index (χ0n) is 24.5.